The van der Waals surface area contributed by atoms with Crippen LogP contribution in [0.2, 0.25) is 0 Å². The summed E-state index contributed by atoms with van der Waals surface area (Å²) in [6.45, 7) is 0. The Bertz CT molecular complexity index is 860. The van der Waals surface area contributed by atoms with Crippen molar-refractivity contribution in [2.45, 2.75) is 17.7 Å². The van der Waals surface area contributed by atoms with Gasteiger partial charge < -0.3 is 10.4 Å². The second-order valence-electron chi connectivity index (χ2n) is 5.44. The van der Waals surface area contributed by atoms with Crippen molar-refractivity contribution in [2.24, 2.45) is 0 Å². The smallest absolute Gasteiger partial charge is 0.226 e. The van der Waals surface area contributed by atoms with Gasteiger partial charge in [0.2, 0.25) is 5.91 Å². The molecule has 0 atom stereocenters. The Hall–Kier alpha value is -2.31. The number of amides is 1. The van der Waals surface area contributed by atoms with Gasteiger partial charge in [0.25, 0.3) is 0 Å². The number of hydrogen-bond donors (Lipinski definition) is 2. The molecular formula is C19H18N2O2S2. The van der Waals surface area contributed by atoms with Gasteiger partial charge in [-0.15, -0.1) is 23.1 Å². The molecule has 0 saturated carbocycles. The summed E-state index contributed by atoms with van der Waals surface area (Å²) in [5.74, 6) is 0.113. The molecule has 3 rings (SSSR count). The fourth-order valence-corrected chi connectivity index (χ4v) is 3.52. The highest BCUT2D eigenvalue weighted by molar-refractivity contribution is 7.98. The number of phenols is 1. The van der Waals surface area contributed by atoms with E-state index in [2.05, 4.69) is 22.4 Å². The fraction of sp³-hybridized carbons (Fsp3) is 0.158. The zero-order chi connectivity index (χ0) is 17.6. The Kier molecular flexibility index (Phi) is 5.73. The van der Waals surface area contributed by atoms with E-state index >= 15 is 0 Å². The number of hydrogen-bond acceptors (Lipinski definition) is 5. The summed E-state index contributed by atoms with van der Waals surface area (Å²) in [4.78, 5) is 17.8. The Morgan fingerprint density at radius 1 is 1.20 bits per heavy atom. The standard InChI is InChI=1S/C19H18N2O2S2/c1-24-15-9-6-13(7-10-15)16-12-25-19(20-16)21-18(23)11-8-14-4-2-3-5-17(14)22/h2-7,9-10,12,22H,8,11H2,1H3,(H,20,21,23). The van der Waals surface area contributed by atoms with Gasteiger partial charge in [-0.1, -0.05) is 30.3 Å². The van der Waals surface area contributed by atoms with E-state index in [1.54, 1.807) is 23.9 Å². The van der Waals surface area contributed by atoms with Gasteiger partial charge in [0.05, 0.1) is 5.69 Å². The number of nitrogens with zero attached hydrogens (tertiary/aromatic N) is 1. The number of aromatic hydroxyl groups is 1. The number of carbonyl (C=O) groups is 1. The zero-order valence-corrected chi connectivity index (χ0v) is 15.4. The summed E-state index contributed by atoms with van der Waals surface area (Å²) in [5.41, 5.74) is 2.66. The summed E-state index contributed by atoms with van der Waals surface area (Å²) < 4.78 is 0. The molecule has 2 N–H and O–H groups in total. The van der Waals surface area contributed by atoms with E-state index in [9.17, 15) is 9.90 Å². The third kappa shape index (κ3) is 4.61. The van der Waals surface area contributed by atoms with Crippen molar-refractivity contribution in [3.63, 3.8) is 0 Å². The van der Waals surface area contributed by atoms with Crippen molar-refractivity contribution >= 4 is 34.1 Å². The number of rotatable bonds is 6. The minimum absolute atomic E-state index is 0.109. The van der Waals surface area contributed by atoms with Gasteiger partial charge in [-0.05, 0) is 36.4 Å². The molecule has 0 aliphatic heterocycles. The lowest BCUT2D eigenvalue weighted by Gasteiger charge is -2.04. The first-order valence-electron chi connectivity index (χ1n) is 7.82. The first-order valence-corrected chi connectivity index (χ1v) is 9.93. The number of thioether (sulfide) groups is 1. The third-order valence-corrected chi connectivity index (χ3v) is 5.25. The van der Waals surface area contributed by atoms with Crippen LogP contribution in [0.3, 0.4) is 0 Å². The largest absolute Gasteiger partial charge is 0.508 e. The predicted molar refractivity (Wildman–Crippen MR) is 104 cm³/mol. The maximum atomic E-state index is 12.1. The van der Waals surface area contributed by atoms with E-state index in [4.69, 9.17) is 0 Å². The zero-order valence-electron chi connectivity index (χ0n) is 13.7. The van der Waals surface area contributed by atoms with Gasteiger partial charge in [0.1, 0.15) is 5.75 Å². The van der Waals surface area contributed by atoms with Crippen LogP contribution in [0.1, 0.15) is 12.0 Å². The van der Waals surface area contributed by atoms with Gasteiger partial charge in [-0.2, -0.15) is 0 Å². The van der Waals surface area contributed by atoms with Gasteiger partial charge in [-0.3, -0.25) is 4.79 Å². The third-order valence-electron chi connectivity index (χ3n) is 3.75. The molecule has 0 saturated heterocycles. The van der Waals surface area contributed by atoms with Gasteiger partial charge in [0.15, 0.2) is 5.13 Å². The van der Waals surface area contributed by atoms with Crippen molar-refractivity contribution < 1.29 is 9.90 Å². The number of nitrogens with one attached hydrogen (secondary N) is 1. The highest BCUT2D eigenvalue weighted by Crippen LogP contribution is 2.27. The fourth-order valence-electron chi connectivity index (χ4n) is 2.38. The van der Waals surface area contributed by atoms with E-state index in [1.165, 1.54) is 16.2 Å². The molecule has 1 amide bonds. The molecule has 6 heteroatoms. The Labute approximate surface area is 154 Å². The molecule has 1 aromatic heterocycles. The van der Waals surface area contributed by atoms with Crippen molar-refractivity contribution in [2.75, 3.05) is 11.6 Å². The maximum Gasteiger partial charge on any atom is 0.226 e. The predicted octanol–water partition coefficient (Wildman–Crippen LogP) is 4.81. The van der Waals surface area contributed by atoms with Crippen LogP contribution < -0.4 is 5.32 Å². The SMILES string of the molecule is CSc1ccc(-c2csc(NC(=O)CCc3ccccc3O)n2)cc1. The number of para-hydroxylation sites is 1. The number of aromatic nitrogens is 1. The topological polar surface area (TPSA) is 62.2 Å². The van der Waals surface area contributed by atoms with Gasteiger partial charge >= 0.3 is 0 Å². The highest BCUT2D eigenvalue weighted by atomic mass is 32.2. The second-order valence-corrected chi connectivity index (χ2v) is 7.18. The lowest BCUT2D eigenvalue weighted by molar-refractivity contribution is -0.116. The summed E-state index contributed by atoms with van der Waals surface area (Å²) in [6.07, 6.45) is 2.84. The molecule has 25 heavy (non-hydrogen) atoms. The summed E-state index contributed by atoms with van der Waals surface area (Å²) in [5, 5.41) is 15.1. The van der Waals surface area contributed by atoms with Gasteiger partial charge in [0, 0.05) is 22.3 Å². The molecule has 4 nitrogen and oxygen atoms in total. The Morgan fingerprint density at radius 3 is 2.68 bits per heavy atom. The molecule has 0 fully saturated rings. The van der Waals surface area contributed by atoms with E-state index in [0.717, 1.165) is 16.8 Å². The highest BCUT2D eigenvalue weighted by Gasteiger charge is 2.09. The minimum Gasteiger partial charge on any atom is -0.508 e. The van der Waals surface area contributed by atoms with Crippen LogP contribution in [0.15, 0.2) is 58.8 Å². The lowest BCUT2D eigenvalue weighted by Crippen LogP contribution is -2.12. The van der Waals surface area contributed by atoms with E-state index < -0.39 is 0 Å². The van der Waals surface area contributed by atoms with Crippen molar-refractivity contribution in [1.29, 1.82) is 0 Å². The molecule has 0 radical (unpaired) electrons. The molecule has 0 unspecified atom stereocenters. The number of anilines is 1. The molecule has 3 aromatic rings. The Balaban J connectivity index is 1.59. The van der Waals surface area contributed by atoms with Crippen LogP contribution >= 0.6 is 23.1 Å². The molecule has 0 aliphatic rings. The molecule has 0 aliphatic carbocycles. The number of phenolic OH excluding ortho intramolecular Hbond substituents is 1. The Morgan fingerprint density at radius 2 is 1.96 bits per heavy atom. The van der Waals surface area contributed by atoms with Crippen molar-refractivity contribution in [3.05, 3.63) is 59.5 Å². The maximum absolute atomic E-state index is 12.1. The van der Waals surface area contributed by atoms with Crippen LogP contribution in [0.5, 0.6) is 5.75 Å². The minimum atomic E-state index is -0.109. The van der Waals surface area contributed by atoms with Crippen LogP contribution in [0, 0.1) is 0 Å². The van der Waals surface area contributed by atoms with Crippen LogP contribution in [0.4, 0.5) is 5.13 Å². The van der Waals surface area contributed by atoms with E-state index in [-0.39, 0.29) is 11.7 Å². The first-order chi connectivity index (χ1) is 12.2. The van der Waals surface area contributed by atoms with Gasteiger partial charge in [-0.25, -0.2) is 4.98 Å². The van der Waals surface area contributed by atoms with Crippen LogP contribution in [-0.2, 0) is 11.2 Å². The second kappa shape index (κ2) is 8.18. The molecule has 128 valence electrons. The van der Waals surface area contributed by atoms with E-state index in [1.807, 2.05) is 35.9 Å². The first kappa shape index (κ1) is 17.5. The molecule has 1 heterocycles. The van der Waals surface area contributed by atoms with Crippen molar-refractivity contribution in [3.8, 4) is 17.0 Å². The van der Waals surface area contributed by atoms with E-state index in [0.29, 0.717) is 18.0 Å². The molecule has 0 bridgehead atoms. The quantitative estimate of drug-likeness (QED) is 0.611. The molecular weight excluding hydrogens is 352 g/mol. The van der Waals surface area contributed by atoms with Crippen LogP contribution in [-0.4, -0.2) is 22.3 Å². The monoisotopic (exact) mass is 370 g/mol. The summed E-state index contributed by atoms with van der Waals surface area (Å²) in [7, 11) is 0. The number of thiazole rings is 1. The lowest BCUT2D eigenvalue weighted by atomic mass is 10.1. The average Bonchev–Trinajstić information content (AvgIpc) is 3.09. The van der Waals surface area contributed by atoms with Crippen LogP contribution in [0.25, 0.3) is 11.3 Å². The summed E-state index contributed by atoms with van der Waals surface area (Å²) >= 11 is 3.11. The number of carbonyl (C=O) groups excluding carboxylic acids is 1. The number of aryl methyl sites for hydroxylation is 1. The summed E-state index contributed by atoms with van der Waals surface area (Å²) in [6, 6.07) is 15.2. The van der Waals surface area contributed by atoms with Crippen molar-refractivity contribution in [1.82, 2.24) is 4.98 Å². The normalized spacial score (nSPS) is 10.6. The molecule has 2 aromatic carbocycles. The molecule has 0 spiro atoms. The number of benzene rings is 2. The average molecular weight is 370 g/mol.